The van der Waals surface area contributed by atoms with Crippen molar-refractivity contribution < 1.29 is 19.1 Å². The van der Waals surface area contributed by atoms with Crippen LogP contribution in [0.5, 0.6) is 0 Å². The molecule has 0 aromatic carbocycles. The largest absolute Gasteiger partial charge is 0.362 e. The lowest BCUT2D eigenvalue weighted by Gasteiger charge is -2.07. The number of carbonyl (C=O) groups is 3. The molecule has 0 saturated carbocycles. The zero-order valence-electron chi connectivity index (χ0n) is 11.4. The van der Waals surface area contributed by atoms with Gasteiger partial charge in [-0.25, -0.2) is 0 Å². The Morgan fingerprint density at radius 3 is 2.62 bits per heavy atom. The third-order valence-corrected chi connectivity index (χ3v) is 3.04. The highest BCUT2D eigenvalue weighted by atomic mass is 16.6. The molecule has 0 spiro atoms. The molecule has 112 valence electrons. The lowest BCUT2D eigenvalue weighted by atomic mass is 10.1. The van der Waals surface area contributed by atoms with Gasteiger partial charge in [0.25, 0.3) is 5.91 Å². The molecule has 2 heterocycles. The van der Waals surface area contributed by atoms with Crippen molar-refractivity contribution in [3.8, 4) is 0 Å². The molecule has 2 amide bonds. The van der Waals surface area contributed by atoms with Crippen molar-refractivity contribution in [2.24, 2.45) is 0 Å². The number of nitrogens with one attached hydrogen (secondary N) is 3. The van der Waals surface area contributed by atoms with E-state index in [2.05, 4.69) is 15.6 Å². The molecule has 1 atom stereocenters. The first-order valence-corrected chi connectivity index (χ1v) is 6.32. The molecule has 1 fully saturated rings. The van der Waals surface area contributed by atoms with Crippen LogP contribution in [0.15, 0.2) is 23.0 Å². The van der Waals surface area contributed by atoms with Crippen LogP contribution < -0.4 is 16.2 Å². The summed E-state index contributed by atoms with van der Waals surface area (Å²) >= 11 is 0. The molecule has 0 unspecified atom stereocenters. The number of Topliss-reactive ketones (excluding diaryl/α,β-unsaturated/α-hetero) is 1. The molecule has 2 rings (SSSR count). The quantitative estimate of drug-likeness (QED) is 0.556. The summed E-state index contributed by atoms with van der Waals surface area (Å²) in [6.07, 6.45) is 0. The number of rotatable bonds is 6. The molecule has 1 aliphatic heterocycles. The fraction of sp³-hybridized carbons (Fsp3) is 0.385. The number of epoxide rings is 1. The topological polar surface area (TPSA) is 121 Å². The van der Waals surface area contributed by atoms with Gasteiger partial charge in [-0.3, -0.25) is 19.2 Å². The Bertz CT molecular complexity index is 633. The molecule has 8 heteroatoms. The number of aromatic nitrogens is 1. The lowest BCUT2D eigenvalue weighted by Crippen LogP contribution is -2.41. The maximum Gasteiger partial charge on any atom is 0.268 e. The van der Waals surface area contributed by atoms with Gasteiger partial charge in [-0.1, -0.05) is 6.07 Å². The molecule has 21 heavy (non-hydrogen) atoms. The maximum atomic E-state index is 11.7. The Morgan fingerprint density at radius 2 is 2.00 bits per heavy atom. The van der Waals surface area contributed by atoms with Gasteiger partial charge in [0.2, 0.25) is 11.5 Å². The van der Waals surface area contributed by atoms with Crippen LogP contribution in [0.2, 0.25) is 0 Å². The number of ether oxygens (including phenoxy) is 1. The van der Waals surface area contributed by atoms with Gasteiger partial charge in [0, 0.05) is 6.07 Å². The number of H-pyrrole nitrogens is 1. The summed E-state index contributed by atoms with van der Waals surface area (Å²) < 4.78 is 4.95. The minimum atomic E-state index is -0.778. The fourth-order valence-corrected chi connectivity index (χ4v) is 1.53. The second kappa shape index (κ2) is 5.88. The van der Waals surface area contributed by atoms with Crippen LogP contribution >= 0.6 is 0 Å². The molecule has 0 radical (unpaired) electrons. The summed E-state index contributed by atoms with van der Waals surface area (Å²) in [6, 6.07) is 4.13. The van der Waals surface area contributed by atoms with E-state index in [9.17, 15) is 19.2 Å². The average Bonchev–Trinajstić information content (AvgIpc) is 3.21. The number of carbonyl (C=O) groups excluding carboxylic acids is 3. The minimum absolute atomic E-state index is 0.0604. The standard InChI is InChI=1S/C13H15N3O5/c1-13(7-21-13)9(17)5-14-11(19)6-15-12(20)8-3-2-4-10(18)16-8/h2-4H,5-7H2,1H3,(H,14,19)(H,15,20)(H,16,18)/t13-/m1/s1. The second-order valence-corrected chi connectivity index (χ2v) is 4.83. The van der Waals surface area contributed by atoms with E-state index < -0.39 is 23.0 Å². The van der Waals surface area contributed by atoms with Crippen molar-refractivity contribution in [2.45, 2.75) is 12.5 Å². The minimum Gasteiger partial charge on any atom is -0.362 e. The Labute approximate surface area is 119 Å². The smallest absolute Gasteiger partial charge is 0.268 e. The van der Waals surface area contributed by atoms with Crippen LogP contribution in [0, 0.1) is 0 Å². The van der Waals surface area contributed by atoms with E-state index >= 15 is 0 Å². The Kier molecular flexibility index (Phi) is 4.18. The third-order valence-electron chi connectivity index (χ3n) is 3.04. The highest BCUT2D eigenvalue weighted by Gasteiger charge is 2.46. The first-order chi connectivity index (χ1) is 9.90. The van der Waals surface area contributed by atoms with Crippen molar-refractivity contribution in [3.63, 3.8) is 0 Å². The van der Waals surface area contributed by atoms with Crippen LogP contribution in [-0.2, 0) is 14.3 Å². The van der Waals surface area contributed by atoms with Gasteiger partial charge in [-0.2, -0.15) is 0 Å². The Balaban J connectivity index is 1.75. The zero-order valence-corrected chi connectivity index (χ0v) is 11.4. The molecule has 8 nitrogen and oxygen atoms in total. The van der Waals surface area contributed by atoms with Gasteiger partial charge in [0.05, 0.1) is 19.7 Å². The number of hydrogen-bond donors (Lipinski definition) is 3. The zero-order chi connectivity index (χ0) is 15.5. The van der Waals surface area contributed by atoms with Gasteiger partial charge < -0.3 is 20.4 Å². The van der Waals surface area contributed by atoms with Crippen LogP contribution in [0.4, 0.5) is 0 Å². The SMILES string of the molecule is C[C@]1(C(=O)CNC(=O)CNC(=O)c2cccc(=O)[nH]2)CO1. The van der Waals surface area contributed by atoms with Crippen LogP contribution in [0.25, 0.3) is 0 Å². The summed E-state index contributed by atoms with van der Waals surface area (Å²) in [6.45, 7) is 1.57. The highest BCUT2D eigenvalue weighted by molar-refractivity contribution is 5.96. The number of ketones is 1. The number of pyridine rings is 1. The van der Waals surface area contributed by atoms with Crippen molar-refractivity contribution in [1.82, 2.24) is 15.6 Å². The second-order valence-electron chi connectivity index (χ2n) is 4.83. The number of amides is 2. The Hall–Kier alpha value is -2.48. The van der Waals surface area contributed by atoms with Crippen molar-refractivity contribution in [3.05, 3.63) is 34.2 Å². The molecular weight excluding hydrogens is 278 g/mol. The van der Waals surface area contributed by atoms with E-state index in [-0.39, 0.29) is 24.6 Å². The molecule has 3 N–H and O–H groups in total. The highest BCUT2D eigenvalue weighted by Crippen LogP contribution is 2.26. The van der Waals surface area contributed by atoms with Gasteiger partial charge >= 0.3 is 0 Å². The van der Waals surface area contributed by atoms with Gasteiger partial charge in [0.1, 0.15) is 11.3 Å². The van der Waals surface area contributed by atoms with E-state index in [1.807, 2.05) is 0 Å². The van der Waals surface area contributed by atoms with Crippen LogP contribution in [0.1, 0.15) is 17.4 Å². The average molecular weight is 293 g/mol. The summed E-state index contributed by atoms with van der Waals surface area (Å²) in [5.74, 6) is -1.29. The summed E-state index contributed by atoms with van der Waals surface area (Å²) in [7, 11) is 0. The number of aromatic amines is 1. The van der Waals surface area contributed by atoms with Crippen LogP contribution in [0.3, 0.4) is 0 Å². The normalized spacial score (nSPS) is 19.7. The summed E-state index contributed by atoms with van der Waals surface area (Å²) in [5.41, 5.74) is -1.12. The molecular formula is C13H15N3O5. The third kappa shape index (κ3) is 3.99. The summed E-state index contributed by atoms with van der Waals surface area (Å²) in [4.78, 5) is 48.1. The fourth-order valence-electron chi connectivity index (χ4n) is 1.53. The van der Waals surface area contributed by atoms with E-state index in [0.29, 0.717) is 6.61 Å². The van der Waals surface area contributed by atoms with E-state index in [1.54, 1.807) is 6.92 Å². The summed E-state index contributed by atoms with van der Waals surface area (Å²) in [5, 5.41) is 4.73. The van der Waals surface area contributed by atoms with Gasteiger partial charge in [-0.05, 0) is 13.0 Å². The number of hydrogen-bond acceptors (Lipinski definition) is 5. The van der Waals surface area contributed by atoms with Crippen molar-refractivity contribution >= 4 is 17.6 Å². The predicted molar refractivity (Wildman–Crippen MR) is 71.8 cm³/mol. The van der Waals surface area contributed by atoms with Crippen LogP contribution in [-0.4, -0.2) is 47.9 Å². The monoisotopic (exact) mass is 293 g/mol. The van der Waals surface area contributed by atoms with Gasteiger partial charge in [0.15, 0.2) is 5.78 Å². The predicted octanol–water partition coefficient (Wildman–Crippen LogP) is -1.42. The van der Waals surface area contributed by atoms with E-state index in [4.69, 9.17) is 4.74 Å². The maximum absolute atomic E-state index is 11.7. The van der Waals surface area contributed by atoms with Crippen molar-refractivity contribution in [1.29, 1.82) is 0 Å². The first-order valence-electron chi connectivity index (χ1n) is 6.32. The molecule has 0 bridgehead atoms. The molecule has 1 aromatic rings. The van der Waals surface area contributed by atoms with E-state index in [1.165, 1.54) is 18.2 Å². The van der Waals surface area contributed by atoms with E-state index in [0.717, 1.165) is 0 Å². The molecule has 1 aliphatic rings. The Morgan fingerprint density at radius 1 is 1.29 bits per heavy atom. The lowest BCUT2D eigenvalue weighted by molar-refractivity contribution is -0.126. The molecule has 1 saturated heterocycles. The van der Waals surface area contributed by atoms with Gasteiger partial charge in [-0.15, -0.1) is 0 Å². The molecule has 0 aliphatic carbocycles. The van der Waals surface area contributed by atoms with Crippen molar-refractivity contribution in [2.75, 3.05) is 19.7 Å². The first kappa shape index (κ1) is 14.9. The molecule has 1 aromatic heterocycles.